The summed E-state index contributed by atoms with van der Waals surface area (Å²) < 4.78 is 5.82. The molecule has 0 atom stereocenters. The van der Waals surface area contributed by atoms with Gasteiger partial charge in [-0.1, -0.05) is 12.1 Å². The lowest BCUT2D eigenvalue weighted by Crippen LogP contribution is -3.27. The van der Waals surface area contributed by atoms with E-state index in [9.17, 15) is 4.79 Å². The van der Waals surface area contributed by atoms with E-state index in [4.69, 9.17) is 4.74 Å². The van der Waals surface area contributed by atoms with Gasteiger partial charge in [-0.15, -0.1) is 0 Å². The predicted molar refractivity (Wildman–Crippen MR) is 83.1 cm³/mol. The molecule has 0 aliphatic carbocycles. The van der Waals surface area contributed by atoms with Crippen molar-refractivity contribution in [3.05, 3.63) is 29.8 Å². The topological polar surface area (TPSA) is 35.2 Å². The number of Topliss-reactive ketones (excluding diaryl/α,β-unsaturated/α-hetero) is 1. The van der Waals surface area contributed by atoms with Crippen molar-refractivity contribution in [2.24, 2.45) is 0 Å². The van der Waals surface area contributed by atoms with Crippen molar-refractivity contribution in [2.75, 3.05) is 46.4 Å². The Morgan fingerprint density at radius 1 is 1.14 bits per heavy atom. The number of piperazine rings is 1. The molecule has 2 N–H and O–H groups in total. The van der Waals surface area contributed by atoms with Crippen molar-refractivity contribution in [1.29, 1.82) is 0 Å². The third kappa shape index (κ3) is 5.86. The van der Waals surface area contributed by atoms with Crippen LogP contribution in [0.25, 0.3) is 0 Å². The van der Waals surface area contributed by atoms with Crippen LogP contribution in [0.4, 0.5) is 0 Å². The van der Waals surface area contributed by atoms with Crippen LogP contribution in [-0.2, 0) is 11.2 Å². The van der Waals surface area contributed by atoms with E-state index in [0.29, 0.717) is 6.42 Å². The van der Waals surface area contributed by atoms with E-state index in [0.717, 1.165) is 25.3 Å². The third-order valence-corrected chi connectivity index (χ3v) is 4.22. The lowest BCUT2D eigenvalue weighted by Gasteiger charge is -2.27. The molecule has 4 nitrogen and oxygen atoms in total. The van der Waals surface area contributed by atoms with Gasteiger partial charge < -0.3 is 19.3 Å². The first-order valence-corrected chi connectivity index (χ1v) is 7.99. The summed E-state index contributed by atoms with van der Waals surface area (Å²) in [5.74, 6) is 1.17. The second-order valence-corrected chi connectivity index (χ2v) is 6.15. The summed E-state index contributed by atoms with van der Waals surface area (Å²) in [6.07, 6.45) is 1.44. The Morgan fingerprint density at radius 3 is 2.43 bits per heavy atom. The molecule has 0 bridgehead atoms. The molecular weight excluding hydrogens is 264 g/mol. The summed E-state index contributed by atoms with van der Waals surface area (Å²) in [6, 6.07) is 8.15. The number of likely N-dealkylation sites (N-methyl/N-ethyl adjacent to an activating group) is 1. The fourth-order valence-electron chi connectivity index (χ4n) is 2.67. The van der Waals surface area contributed by atoms with Crippen LogP contribution < -0.4 is 14.5 Å². The first-order chi connectivity index (χ1) is 10.1. The van der Waals surface area contributed by atoms with Gasteiger partial charge in [0.2, 0.25) is 0 Å². The molecule has 1 aromatic carbocycles. The second-order valence-electron chi connectivity index (χ2n) is 6.15. The highest BCUT2D eigenvalue weighted by molar-refractivity contribution is 5.75. The lowest BCUT2D eigenvalue weighted by atomic mass is 10.1. The molecule has 1 aliphatic heterocycles. The molecule has 1 aromatic rings. The van der Waals surface area contributed by atoms with Crippen LogP contribution in [0.2, 0.25) is 0 Å². The van der Waals surface area contributed by atoms with E-state index in [1.807, 2.05) is 12.1 Å². The van der Waals surface area contributed by atoms with Gasteiger partial charge in [0.15, 0.2) is 0 Å². The van der Waals surface area contributed by atoms with Crippen LogP contribution >= 0.6 is 0 Å². The van der Waals surface area contributed by atoms with Gasteiger partial charge in [-0.05, 0) is 31.0 Å². The first-order valence-electron chi connectivity index (χ1n) is 7.99. The maximum Gasteiger partial charge on any atom is 0.137 e. The van der Waals surface area contributed by atoms with Gasteiger partial charge in [-0.25, -0.2) is 0 Å². The average Bonchev–Trinajstić information content (AvgIpc) is 2.48. The summed E-state index contributed by atoms with van der Waals surface area (Å²) in [6.45, 7) is 8.53. The number of aryl methyl sites for hydroxylation is 1. The van der Waals surface area contributed by atoms with Crippen LogP contribution in [-0.4, -0.2) is 52.2 Å². The Labute approximate surface area is 127 Å². The van der Waals surface area contributed by atoms with Crippen LogP contribution in [0.15, 0.2) is 24.3 Å². The molecule has 0 unspecified atom stereocenters. The summed E-state index contributed by atoms with van der Waals surface area (Å²) >= 11 is 0. The van der Waals surface area contributed by atoms with E-state index in [-0.39, 0.29) is 5.78 Å². The molecule has 1 aliphatic rings. The number of carbonyl (C=O) groups is 1. The monoisotopic (exact) mass is 292 g/mol. The van der Waals surface area contributed by atoms with Gasteiger partial charge >= 0.3 is 0 Å². The van der Waals surface area contributed by atoms with Gasteiger partial charge in [0.05, 0.1) is 7.05 Å². The SMILES string of the molecule is CC(=O)CCc1ccc(OCC[NH+]2CC[NH+](C)CC2)cc1. The third-order valence-electron chi connectivity index (χ3n) is 4.22. The molecule has 1 saturated heterocycles. The first kappa shape index (κ1) is 16.0. The molecule has 4 heteroatoms. The highest BCUT2D eigenvalue weighted by Gasteiger charge is 2.19. The van der Waals surface area contributed by atoms with Gasteiger partial charge in [0, 0.05) is 6.42 Å². The summed E-state index contributed by atoms with van der Waals surface area (Å²) in [4.78, 5) is 14.3. The average molecular weight is 292 g/mol. The minimum atomic E-state index is 0.243. The van der Waals surface area contributed by atoms with Gasteiger partial charge in [-0.2, -0.15) is 0 Å². The van der Waals surface area contributed by atoms with Crippen LogP contribution in [0, 0.1) is 0 Å². The quantitative estimate of drug-likeness (QED) is 0.676. The Morgan fingerprint density at radius 2 is 1.81 bits per heavy atom. The van der Waals surface area contributed by atoms with Crippen molar-refractivity contribution in [2.45, 2.75) is 19.8 Å². The zero-order valence-corrected chi connectivity index (χ0v) is 13.3. The summed E-state index contributed by atoms with van der Waals surface area (Å²) in [7, 11) is 2.26. The highest BCUT2D eigenvalue weighted by atomic mass is 16.5. The number of carbonyl (C=O) groups excluding carboxylic acids is 1. The normalized spacial score (nSPS) is 22.0. The number of ketones is 1. The highest BCUT2D eigenvalue weighted by Crippen LogP contribution is 2.13. The van der Waals surface area contributed by atoms with Crippen LogP contribution in [0.1, 0.15) is 18.9 Å². The summed E-state index contributed by atoms with van der Waals surface area (Å²) in [5.41, 5.74) is 1.20. The van der Waals surface area contributed by atoms with E-state index in [1.165, 1.54) is 31.7 Å². The number of ether oxygens (including phenoxy) is 1. The minimum absolute atomic E-state index is 0.243. The lowest BCUT2D eigenvalue weighted by molar-refractivity contribution is -1.00. The number of rotatable bonds is 7. The molecule has 116 valence electrons. The Hall–Kier alpha value is -1.39. The van der Waals surface area contributed by atoms with Crippen LogP contribution in [0.3, 0.4) is 0 Å². The molecule has 21 heavy (non-hydrogen) atoms. The maximum atomic E-state index is 11.0. The number of benzene rings is 1. The number of nitrogens with one attached hydrogen (secondary N) is 2. The molecule has 0 radical (unpaired) electrons. The number of hydrogen-bond donors (Lipinski definition) is 2. The molecule has 1 fully saturated rings. The van der Waals surface area contributed by atoms with Crippen molar-refractivity contribution in [3.63, 3.8) is 0 Å². The van der Waals surface area contributed by atoms with Crippen molar-refractivity contribution in [3.8, 4) is 5.75 Å². The van der Waals surface area contributed by atoms with Gasteiger partial charge in [0.25, 0.3) is 0 Å². The minimum Gasteiger partial charge on any atom is -0.488 e. The van der Waals surface area contributed by atoms with Crippen molar-refractivity contribution >= 4 is 5.78 Å². The zero-order chi connectivity index (χ0) is 15.1. The standard InChI is InChI=1S/C17H26N2O2/c1-15(20)3-4-16-5-7-17(8-6-16)21-14-13-19-11-9-18(2)10-12-19/h5-8H,3-4,9-14H2,1-2H3/p+2. The van der Waals surface area contributed by atoms with E-state index in [2.05, 4.69) is 19.2 Å². The summed E-state index contributed by atoms with van der Waals surface area (Å²) in [5, 5.41) is 0. The Balaban J connectivity index is 1.67. The number of hydrogen-bond acceptors (Lipinski definition) is 2. The van der Waals surface area contributed by atoms with Gasteiger partial charge in [0.1, 0.15) is 50.9 Å². The second kappa shape index (κ2) is 8.15. The fourth-order valence-corrected chi connectivity index (χ4v) is 2.67. The van der Waals surface area contributed by atoms with Crippen LogP contribution in [0.5, 0.6) is 5.75 Å². The molecule has 0 saturated carbocycles. The molecule has 0 aromatic heterocycles. The smallest absolute Gasteiger partial charge is 0.137 e. The van der Waals surface area contributed by atoms with Gasteiger partial charge in [-0.3, -0.25) is 0 Å². The van der Waals surface area contributed by atoms with Crippen molar-refractivity contribution in [1.82, 2.24) is 0 Å². The van der Waals surface area contributed by atoms with E-state index >= 15 is 0 Å². The Kier molecular flexibility index (Phi) is 6.21. The largest absolute Gasteiger partial charge is 0.488 e. The molecular formula is C17H28N2O2+2. The molecule has 0 spiro atoms. The van der Waals surface area contributed by atoms with E-state index < -0.39 is 0 Å². The molecule has 2 rings (SSSR count). The fraction of sp³-hybridized carbons (Fsp3) is 0.588. The van der Waals surface area contributed by atoms with Crippen molar-refractivity contribution < 1.29 is 19.3 Å². The molecule has 0 amide bonds. The maximum absolute atomic E-state index is 11.0. The molecule has 1 heterocycles. The Bertz CT molecular complexity index is 437. The predicted octanol–water partition coefficient (Wildman–Crippen LogP) is -1.000. The zero-order valence-electron chi connectivity index (χ0n) is 13.3. The number of quaternary nitrogens is 2. The van der Waals surface area contributed by atoms with E-state index in [1.54, 1.807) is 16.7 Å².